The van der Waals surface area contributed by atoms with Crippen LogP contribution in [0.2, 0.25) is 0 Å². The zero-order valence-electron chi connectivity index (χ0n) is 11.0. The van der Waals surface area contributed by atoms with Crippen LogP contribution >= 0.6 is 15.2 Å². The third kappa shape index (κ3) is 3.36. The molecule has 114 valence electrons. The fourth-order valence-corrected chi connectivity index (χ4v) is 4.24. The number of aliphatic hydroxyl groups is 1. The number of nitrogens with zero attached hydrogens (tertiary/aromatic N) is 1. The van der Waals surface area contributed by atoms with Gasteiger partial charge in [-0.25, -0.2) is 0 Å². The predicted octanol–water partition coefficient (Wildman–Crippen LogP) is 0.255. The van der Waals surface area contributed by atoms with E-state index in [-0.39, 0.29) is 4.48 Å². The Morgan fingerprint density at radius 3 is 1.75 bits per heavy atom. The lowest BCUT2D eigenvalue weighted by atomic mass is 10.2. The molecule has 20 heavy (non-hydrogen) atoms. The molecule has 0 aliphatic rings. The van der Waals surface area contributed by atoms with Gasteiger partial charge in [-0.2, -0.15) is 0 Å². The molecule has 0 bridgehead atoms. The summed E-state index contributed by atoms with van der Waals surface area (Å²) in [5, 5.41) is 6.51. The van der Waals surface area contributed by atoms with E-state index in [2.05, 4.69) is 0 Å². The molecule has 0 atom stereocenters. The van der Waals surface area contributed by atoms with Crippen LogP contribution in [-0.2, 0) is 9.13 Å². The van der Waals surface area contributed by atoms with Crippen LogP contribution in [0.25, 0.3) is 0 Å². The fourth-order valence-electron chi connectivity index (χ4n) is 1.81. The predicted molar refractivity (Wildman–Crippen MR) is 74.0 cm³/mol. The van der Waals surface area contributed by atoms with Crippen LogP contribution in [0.4, 0.5) is 5.69 Å². The van der Waals surface area contributed by atoms with Crippen molar-refractivity contribution in [2.24, 2.45) is 0 Å². The number of para-hydroxylation sites is 1. The van der Waals surface area contributed by atoms with Crippen LogP contribution < -0.4 is 4.48 Å². The Labute approximate surface area is 116 Å². The number of hydrogen-bond donors (Lipinski definition) is 5. The molecular weight excluding hydrogens is 308 g/mol. The first-order valence-electron chi connectivity index (χ1n) is 5.53. The monoisotopic (exact) mass is 326 g/mol. The van der Waals surface area contributed by atoms with E-state index in [4.69, 9.17) is 19.6 Å². The van der Waals surface area contributed by atoms with E-state index in [9.17, 15) is 14.2 Å². The minimum Gasteiger partial charge on any atom is -0.363 e. The molecule has 0 saturated heterocycles. The van der Waals surface area contributed by atoms with Gasteiger partial charge in [-0.1, -0.05) is 18.2 Å². The molecule has 0 fully saturated rings. The maximum absolute atomic E-state index is 11.4. The van der Waals surface area contributed by atoms with E-state index in [0.29, 0.717) is 5.69 Å². The quantitative estimate of drug-likeness (QED) is 0.387. The highest BCUT2D eigenvalue weighted by molar-refractivity contribution is 7.72. The Hall–Kier alpha value is -0.560. The van der Waals surface area contributed by atoms with Crippen LogP contribution in [0.15, 0.2) is 30.3 Å². The van der Waals surface area contributed by atoms with Crippen molar-refractivity contribution in [1.82, 2.24) is 4.48 Å². The standard InChI is InChI=1S/C10H17NO7P2/c1-11(2,9-6-4-3-5-7-9)8-10(12,19(13,14)15)20(16,17)18/h3-7,12H,8H2,1-2H3,(H3-,13,14,15,16,17,18)/p+1. The number of rotatable bonds is 5. The first-order chi connectivity index (χ1) is 8.81. The number of benzene rings is 1. The molecule has 8 nitrogen and oxygen atoms in total. The van der Waals surface area contributed by atoms with Crippen molar-refractivity contribution in [1.29, 1.82) is 0 Å². The summed E-state index contributed by atoms with van der Waals surface area (Å²) in [6.07, 6.45) is 0. The molecule has 0 amide bonds. The second-order valence-electron chi connectivity index (χ2n) is 5.04. The number of quaternary nitrogens is 1. The first kappa shape index (κ1) is 17.5. The molecule has 1 aromatic rings. The molecule has 10 heteroatoms. The van der Waals surface area contributed by atoms with Gasteiger partial charge in [0, 0.05) is 0 Å². The summed E-state index contributed by atoms with van der Waals surface area (Å²) in [4.78, 5) is 36.6. The van der Waals surface area contributed by atoms with Crippen LogP contribution in [0.1, 0.15) is 0 Å². The average Bonchev–Trinajstić information content (AvgIpc) is 2.26. The summed E-state index contributed by atoms with van der Waals surface area (Å²) >= 11 is 0. The summed E-state index contributed by atoms with van der Waals surface area (Å²) in [6.45, 7) is -0.842. The van der Waals surface area contributed by atoms with Gasteiger partial charge < -0.3 is 24.7 Å². The molecule has 1 aromatic carbocycles. The highest BCUT2D eigenvalue weighted by Crippen LogP contribution is 2.67. The number of hydrogen-bond acceptors (Lipinski definition) is 3. The highest BCUT2D eigenvalue weighted by Gasteiger charge is 2.63. The molecule has 0 spiro atoms. The van der Waals surface area contributed by atoms with Gasteiger partial charge in [-0.05, 0) is 12.1 Å². The molecule has 0 aliphatic carbocycles. The van der Waals surface area contributed by atoms with E-state index in [1.807, 2.05) is 0 Å². The van der Waals surface area contributed by atoms with Crippen molar-refractivity contribution in [3.63, 3.8) is 0 Å². The summed E-state index contributed by atoms with van der Waals surface area (Å²) in [6, 6.07) is 8.31. The Morgan fingerprint density at radius 1 is 1.00 bits per heavy atom. The molecule has 5 N–H and O–H groups in total. The van der Waals surface area contributed by atoms with Crippen molar-refractivity contribution in [3.8, 4) is 0 Å². The minimum atomic E-state index is -5.45. The van der Waals surface area contributed by atoms with E-state index in [0.717, 1.165) is 0 Å². The summed E-state index contributed by atoms with van der Waals surface area (Å²) in [7, 11) is -7.94. The van der Waals surface area contributed by atoms with Gasteiger partial charge in [-0.3, -0.25) is 13.6 Å². The molecule has 0 saturated carbocycles. The maximum atomic E-state index is 11.4. The average molecular weight is 326 g/mol. The Kier molecular flexibility index (Phi) is 4.66. The fraction of sp³-hybridized carbons (Fsp3) is 0.400. The lowest BCUT2D eigenvalue weighted by Gasteiger charge is -2.37. The second-order valence-corrected chi connectivity index (χ2v) is 9.05. The Morgan fingerprint density at radius 2 is 1.40 bits per heavy atom. The van der Waals surface area contributed by atoms with Gasteiger partial charge in [0.05, 0.1) is 14.1 Å². The Bertz CT molecular complexity index is 540. The molecule has 0 aromatic heterocycles. The van der Waals surface area contributed by atoms with Crippen LogP contribution in [-0.4, -0.2) is 50.4 Å². The SMILES string of the molecule is C[N+](C)(CC(O)(P(=O)(O)O)P(=O)(O)O)c1ccccc1. The van der Waals surface area contributed by atoms with Crippen molar-refractivity contribution in [2.75, 3.05) is 20.6 Å². The van der Waals surface area contributed by atoms with Crippen molar-refractivity contribution >= 4 is 20.9 Å². The summed E-state index contributed by atoms with van der Waals surface area (Å²) < 4.78 is 22.4. The van der Waals surface area contributed by atoms with E-state index in [1.54, 1.807) is 30.3 Å². The van der Waals surface area contributed by atoms with Gasteiger partial charge in [0.1, 0.15) is 12.2 Å². The minimum absolute atomic E-state index is 0.312. The zero-order chi connectivity index (χ0) is 15.8. The van der Waals surface area contributed by atoms with Crippen LogP contribution in [0, 0.1) is 0 Å². The summed E-state index contributed by atoms with van der Waals surface area (Å²) in [5.74, 6) is 0. The topological polar surface area (TPSA) is 135 Å². The molecule has 0 heterocycles. The molecule has 0 unspecified atom stereocenters. The van der Waals surface area contributed by atoms with Gasteiger partial charge >= 0.3 is 20.3 Å². The molecular formula is C10H18NO7P2+. The maximum Gasteiger partial charge on any atom is 0.375 e. The van der Waals surface area contributed by atoms with Gasteiger partial charge in [0.15, 0.2) is 0 Å². The van der Waals surface area contributed by atoms with Crippen molar-refractivity contribution < 1.29 is 33.8 Å². The summed E-state index contributed by atoms with van der Waals surface area (Å²) in [5.41, 5.74) is 0.535. The zero-order valence-corrected chi connectivity index (χ0v) is 12.8. The molecule has 1 rings (SSSR count). The van der Waals surface area contributed by atoms with E-state index in [1.165, 1.54) is 14.1 Å². The van der Waals surface area contributed by atoms with Crippen LogP contribution in [0.5, 0.6) is 0 Å². The lowest BCUT2D eigenvalue weighted by molar-refractivity contribution is 0.105. The molecule has 0 radical (unpaired) electrons. The second kappa shape index (κ2) is 5.33. The first-order valence-corrected chi connectivity index (χ1v) is 8.76. The van der Waals surface area contributed by atoms with Crippen molar-refractivity contribution in [3.05, 3.63) is 30.3 Å². The van der Waals surface area contributed by atoms with E-state index < -0.39 is 26.8 Å². The third-order valence-corrected chi connectivity index (χ3v) is 6.71. The smallest absolute Gasteiger partial charge is 0.363 e. The van der Waals surface area contributed by atoms with Gasteiger partial charge in [0.2, 0.25) is 0 Å². The largest absolute Gasteiger partial charge is 0.375 e. The van der Waals surface area contributed by atoms with Gasteiger partial charge in [-0.15, -0.1) is 0 Å². The van der Waals surface area contributed by atoms with Gasteiger partial charge in [0.25, 0.3) is 0 Å². The van der Waals surface area contributed by atoms with Crippen molar-refractivity contribution in [2.45, 2.75) is 5.08 Å². The molecule has 0 aliphatic heterocycles. The normalized spacial score (nSPS) is 14.3. The number of likely N-dealkylation sites (N-methyl/N-ethyl adjacent to an activating group) is 1. The lowest BCUT2D eigenvalue weighted by Crippen LogP contribution is -2.52. The van der Waals surface area contributed by atoms with Crippen LogP contribution in [0.3, 0.4) is 0 Å². The highest BCUT2D eigenvalue weighted by atomic mass is 31.2. The third-order valence-electron chi connectivity index (χ3n) is 3.00. The van der Waals surface area contributed by atoms with E-state index >= 15 is 0 Å². The Balaban J connectivity index is 3.29.